The minimum Gasteiger partial charge on any atom is -0.467 e. The van der Waals surface area contributed by atoms with Crippen molar-refractivity contribution in [1.29, 1.82) is 0 Å². The molecule has 0 fully saturated rings. The highest BCUT2D eigenvalue weighted by molar-refractivity contribution is 7.93. The summed E-state index contributed by atoms with van der Waals surface area (Å²) < 4.78 is 32.6. The van der Waals surface area contributed by atoms with Crippen molar-refractivity contribution in [3.05, 3.63) is 81.9 Å². The van der Waals surface area contributed by atoms with Crippen molar-refractivity contribution in [2.24, 2.45) is 0 Å². The first kappa shape index (κ1) is 17.9. The van der Waals surface area contributed by atoms with E-state index in [2.05, 4.69) is 4.98 Å². The molecule has 0 amide bonds. The zero-order chi connectivity index (χ0) is 18.7. The van der Waals surface area contributed by atoms with E-state index in [0.717, 1.165) is 16.4 Å². The summed E-state index contributed by atoms with van der Waals surface area (Å²) in [5, 5.41) is 11.4. The van der Waals surface area contributed by atoms with E-state index >= 15 is 0 Å². The summed E-state index contributed by atoms with van der Waals surface area (Å²) in [6.45, 7) is -0.174. The van der Waals surface area contributed by atoms with Crippen molar-refractivity contribution in [2.45, 2.75) is 11.4 Å². The largest absolute Gasteiger partial charge is 0.467 e. The number of halogens is 1. The molecule has 0 unspecified atom stereocenters. The average Bonchev–Trinajstić information content (AvgIpc) is 3.13. The van der Waals surface area contributed by atoms with E-state index < -0.39 is 25.5 Å². The predicted molar refractivity (Wildman–Crippen MR) is 94.4 cm³/mol. The van der Waals surface area contributed by atoms with E-state index in [-0.39, 0.29) is 17.4 Å². The Morgan fingerprint density at radius 1 is 1.19 bits per heavy atom. The molecule has 0 aliphatic carbocycles. The lowest BCUT2D eigenvalue weighted by Gasteiger charge is -2.22. The second-order valence-electron chi connectivity index (χ2n) is 5.15. The van der Waals surface area contributed by atoms with Crippen LogP contribution in [0, 0.1) is 10.1 Å². The smallest absolute Gasteiger partial charge is 0.291 e. The molecule has 0 saturated carbocycles. The van der Waals surface area contributed by atoms with E-state index in [1.807, 2.05) is 0 Å². The fourth-order valence-corrected chi connectivity index (χ4v) is 4.00. The summed E-state index contributed by atoms with van der Waals surface area (Å²) in [5.74, 6) is 0.462. The highest BCUT2D eigenvalue weighted by Gasteiger charge is 2.33. The number of anilines is 1. The minimum absolute atomic E-state index is 0.0612. The number of sulfonamides is 1. The summed E-state index contributed by atoms with van der Waals surface area (Å²) >= 11 is 5.78. The van der Waals surface area contributed by atoms with Crippen LogP contribution in [0.3, 0.4) is 0 Å². The first-order valence-corrected chi connectivity index (χ1v) is 9.11. The molecule has 0 aliphatic rings. The quantitative estimate of drug-likeness (QED) is 0.467. The molecular formula is C16H12ClN3O5S. The van der Waals surface area contributed by atoms with Gasteiger partial charge >= 0.3 is 0 Å². The van der Waals surface area contributed by atoms with Crippen LogP contribution in [0.25, 0.3) is 0 Å². The Morgan fingerprint density at radius 3 is 2.62 bits per heavy atom. The highest BCUT2D eigenvalue weighted by Crippen LogP contribution is 2.32. The van der Waals surface area contributed by atoms with Gasteiger partial charge in [-0.15, -0.1) is 0 Å². The number of benzene rings is 1. The van der Waals surface area contributed by atoms with Crippen molar-refractivity contribution >= 4 is 33.1 Å². The Bertz CT molecular complexity index is 1020. The van der Waals surface area contributed by atoms with Gasteiger partial charge in [0.25, 0.3) is 15.7 Å². The molecule has 3 aromatic rings. The van der Waals surface area contributed by atoms with Gasteiger partial charge in [-0.2, -0.15) is 0 Å². The minimum atomic E-state index is -4.31. The molecule has 2 aromatic heterocycles. The van der Waals surface area contributed by atoms with Crippen LogP contribution < -0.4 is 4.31 Å². The van der Waals surface area contributed by atoms with E-state index in [1.165, 1.54) is 24.6 Å². The molecule has 0 bridgehead atoms. The lowest BCUT2D eigenvalue weighted by Crippen LogP contribution is -2.31. The van der Waals surface area contributed by atoms with Crippen LogP contribution in [0.4, 0.5) is 11.5 Å². The fraction of sp³-hybridized carbons (Fsp3) is 0.0625. The molecule has 26 heavy (non-hydrogen) atoms. The number of rotatable bonds is 6. The molecule has 134 valence electrons. The normalized spacial score (nSPS) is 11.3. The molecule has 0 radical (unpaired) electrons. The standard InChI is InChI=1S/C16H12ClN3O5S/c17-12-6-7-15(14(10-12)20(21)22)26(23,24)19(11-13-4-3-9-25-13)16-5-1-2-8-18-16/h1-10H,11H2. The highest BCUT2D eigenvalue weighted by atomic mass is 35.5. The second-order valence-corrected chi connectivity index (χ2v) is 7.42. The third kappa shape index (κ3) is 3.53. The Kier molecular flexibility index (Phi) is 4.92. The Balaban J connectivity index is 2.15. The van der Waals surface area contributed by atoms with Crippen LogP contribution in [0.1, 0.15) is 5.76 Å². The number of hydrogen-bond donors (Lipinski definition) is 0. The molecule has 0 atom stereocenters. The maximum absolute atomic E-state index is 13.2. The molecule has 0 spiro atoms. The monoisotopic (exact) mass is 393 g/mol. The molecule has 10 heteroatoms. The van der Waals surface area contributed by atoms with E-state index in [9.17, 15) is 18.5 Å². The molecular weight excluding hydrogens is 382 g/mol. The van der Waals surface area contributed by atoms with Gasteiger partial charge in [-0.3, -0.25) is 10.1 Å². The average molecular weight is 394 g/mol. The zero-order valence-corrected chi connectivity index (χ0v) is 14.7. The number of nitro benzene ring substituents is 1. The van der Waals surface area contributed by atoms with Crippen LogP contribution in [0.15, 0.2) is 70.3 Å². The summed E-state index contributed by atoms with van der Waals surface area (Å²) in [4.78, 5) is 14.1. The molecule has 1 aromatic carbocycles. The molecule has 8 nitrogen and oxygen atoms in total. The van der Waals surface area contributed by atoms with Gasteiger partial charge in [0.05, 0.1) is 17.7 Å². The number of nitrogens with zero attached hydrogens (tertiary/aromatic N) is 3. The summed E-state index contributed by atoms with van der Waals surface area (Å²) in [5.41, 5.74) is -0.613. The Hall–Kier alpha value is -2.91. The molecule has 2 heterocycles. The van der Waals surface area contributed by atoms with Crippen LogP contribution in [-0.4, -0.2) is 18.3 Å². The van der Waals surface area contributed by atoms with Gasteiger partial charge in [0.1, 0.15) is 11.6 Å². The lowest BCUT2D eigenvalue weighted by atomic mass is 10.3. The van der Waals surface area contributed by atoms with Crippen LogP contribution in [-0.2, 0) is 16.6 Å². The van der Waals surface area contributed by atoms with E-state index in [4.69, 9.17) is 16.0 Å². The van der Waals surface area contributed by atoms with Crippen molar-refractivity contribution in [3.8, 4) is 0 Å². The Labute approximate surface area is 153 Å². The SMILES string of the molecule is O=[N+]([O-])c1cc(Cl)ccc1S(=O)(=O)N(Cc1ccco1)c1ccccn1. The van der Waals surface area contributed by atoms with Crippen molar-refractivity contribution in [1.82, 2.24) is 4.98 Å². The number of aromatic nitrogens is 1. The summed E-state index contributed by atoms with van der Waals surface area (Å²) in [6, 6.07) is 11.3. The van der Waals surface area contributed by atoms with E-state index in [0.29, 0.717) is 5.76 Å². The molecule has 0 aliphatic heterocycles. The van der Waals surface area contributed by atoms with Crippen molar-refractivity contribution in [3.63, 3.8) is 0 Å². The first-order chi connectivity index (χ1) is 12.4. The second kappa shape index (κ2) is 7.14. The topological polar surface area (TPSA) is 107 Å². The lowest BCUT2D eigenvalue weighted by molar-refractivity contribution is -0.387. The van der Waals surface area contributed by atoms with Gasteiger partial charge < -0.3 is 4.42 Å². The van der Waals surface area contributed by atoms with Crippen LogP contribution >= 0.6 is 11.6 Å². The zero-order valence-electron chi connectivity index (χ0n) is 13.1. The maximum Gasteiger partial charge on any atom is 0.291 e. The van der Waals surface area contributed by atoms with Gasteiger partial charge in [0.2, 0.25) is 0 Å². The number of hydrogen-bond acceptors (Lipinski definition) is 6. The predicted octanol–water partition coefficient (Wildman–Crippen LogP) is 3.63. The molecule has 0 saturated heterocycles. The molecule has 3 rings (SSSR count). The van der Waals surface area contributed by atoms with Gasteiger partial charge in [-0.1, -0.05) is 17.7 Å². The summed E-state index contributed by atoms with van der Waals surface area (Å²) in [6.07, 6.45) is 2.83. The number of pyridine rings is 1. The summed E-state index contributed by atoms with van der Waals surface area (Å²) in [7, 11) is -4.31. The van der Waals surface area contributed by atoms with Gasteiger partial charge in [0.15, 0.2) is 4.90 Å². The van der Waals surface area contributed by atoms with Crippen molar-refractivity contribution < 1.29 is 17.8 Å². The van der Waals surface area contributed by atoms with Crippen molar-refractivity contribution in [2.75, 3.05) is 4.31 Å². The third-order valence-corrected chi connectivity index (χ3v) is 5.50. The van der Waals surface area contributed by atoms with Crippen LogP contribution in [0.5, 0.6) is 0 Å². The fourth-order valence-electron chi connectivity index (χ4n) is 2.30. The third-order valence-electron chi connectivity index (χ3n) is 3.47. The Morgan fingerprint density at radius 2 is 2.00 bits per heavy atom. The van der Waals surface area contributed by atoms with Gasteiger partial charge in [-0.05, 0) is 36.4 Å². The van der Waals surface area contributed by atoms with E-state index in [1.54, 1.807) is 24.3 Å². The number of furan rings is 1. The molecule has 0 N–H and O–H groups in total. The van der Waals surface area contributed by atoms with Gasteiger partial charge in [0, 0.05) is 17.3 Å². The first-order valence-electron chi connectivity index (χ1n) is 7.29. The number of nitro groups is 1. The van der Waals surface area contributed by atoms with Crippen LogP contribution in [0.2, 0.25) is 5.02 Å². The maximum atomic E-state index is 13.2. The van der Waals surface area contributed by atoms with Gasteiger partial charge in [-0.25, -0.2) is 17.7 Å².